The number of nitrogens with zero attached hydrogens (tertiary/aromatic N) is 3. The molecule has 6 heteroatoms. The fourth-order valence-corrected chi connectivity index (χ4v) is 2.86. The van der Waals surface area contributed by atoms with Gasteiger partial charge in [-0.2, -0.15) is 0 Å². The molecule has 138 valence electrons. The van der Waals surface area contributed by atoms with Crippen LogP contribution < -0.4 is 0 Å². The second kappa shape index (κ2) is 7.08. The van der Waals surface area contributed by atoms with E-state index in [1.807, 2.05) is 43.3 Å². The van der Waals surface area contributed by atoms with Crippen molar-refractivity contribution in [2.75, 3.05) is 0 Å². The highest BCUT2D eigenvalue weighted by Gasteiger charge is 2.09. The number of non-ortho nitro benzene ring substituents is 1. The molecule has 4 rings (SSSR count). The zero-order valence-electron chi connectivity index (χ0n) is 15.4. The molecule has 4 aromatic rings. The van der Waals surface area contributed by atoms with E-state index in [1.165, 1.54) is 23.3 Å². The fraction of sp³-hybridized carbons (Fsp3) is 0.0909. The minimum Gasteiger partial charge on any atom is -0.436 e. The van der Waals surface area contributed by atoms with Gasteiger partial charge in [0.1, 0.15) is 5.52 Å². The Labute approximate surface area is 161 Å². The van der Waals surface area contributed by atoms with Gasteiger partial charge >= 0.3 is 0 Å². The predicted octanol–water partition coefficient (Wildman–Crippen LogP) is 5.77. The lowest BCUT2D eigenvalue weighted by Crippen LogP contribution is -1.89. The number of fused-ring (bicyclic) bond motifs is 1. The maximum atomic E-state index is 10.8. The summed E-state index contributed by atoms with van der Waals surface area (Å²) in [4.78, 5) is 19.4. The SMILES string of the molecule is Cc1cc2nc(-c3ccc(N=Cc4cccc([N+](=O)[O-])c4)cc3)oc2cc1C. The van der Waals surface area contributed by atoms with Crippen LogP contribution in [0.3, 0.4) is 0 Å². The second-order valence-electron chi connectivity index (χ2n) is 6.58. The van der Waals surface area contributed by atoms with Crippen LogP contribution in [-0.2, 0) is 0 Å². The third-order valence-electron chi connectivity index (χ3n) is 4.56. The van der Waals surface area contributed by atoms with Crippen molar-refractivity contribution in [1.82, 2.24) is 4.98 Å². The molecule has 0 amide bonds. The molecule has 6 nitrogen and oxygen atoms in total. The van der Waals surface area contributed by atoms with E-state index in [0.29, 0.717) is 11.5 Å². The number of aryl methyl sites for hydroxylation is 2. The summed E-state index contributed by atoms with van der Waals surface area (Å²) in [5, 5.41) is 10.8. The van der Waals surface area contributed by atoms with Gasteiger partial charge in [-0.25, -0.2) is 4.98 Å². The quantitative estimate of drug-likeness (QED) is 0.259. The lowest BCUT2D eigenvalue weighted by molar-refractivity contribution is -0.384. The van der Waals surface area contributed by atoms with Crippen LogP contribution in [0.4, 0.5) is 11.4 Å². The lowest BCUT2D eigenvalue weighted by atomic mass is 10.1. The first-order valence-electron chi connectivity index (χ1n) is 8.76. The van der Waals surface area contributed by atoms with Crippen LogP contribution in [0.1, 0.15) is 16.7 Å². The van der Waals surface area contributed by atoms with Gasteiger partial charge in [0.15, 0.2) is 5.58 Å². The monoisotopic (exact) mass is 371 g/mol. The number of hydrogen-bond acceptors (Lipinski definition) is 5. The minimum atomic E-state index is -0.421. The van der Waals surface area contributed by atoms with E-state index in [4.69, 9.17) is 4.42 Å². The Morgan fingerprint density at radius 3 is 2.54 bits per heavy atom. The van der Waals surface area contributed by atoms with Gasteiger partial charge < -0.3 is 4.42 Å². The maximum Gasteiger partial charge on any atom is 0.270 e. The molecule has 0 atom stereocenters. The highest BCUT2D eigenvalue weighted by Crippen LogP contribution is 2.27. The molecule has 28 heavy (non-hydrogen) atoms. The minimum absolute atomic E-state index is 0.0423. The Bertz CT molecular complexity index is 1170. The van der Waals surface area contributed by atoms with Crippen LogP contribution in [0.25, 0.3) is 22.6 Å². The third-order valence-corrected chi connectivity index (χ3v) is 4.56. The summed E-state index contributed by atoms with van der Waals surface area (Å²) < 4.78 is 5.88. The van der Waals surface area contributed by atoms with E-state index in [0.717, 1.165) is 22.4 Å². The Morgan fingerprint density at radius 2 is 1.79 bits per heavy atom. The Kier molecular flexibility index (Phi) is 4.45. The Balaban J connectivity index is 1.57. The summed E-state index contributed by atoms with van der Waals surface area (Å²) in [5.41, 5.74) is 6.26. The van der Waals surface area contributed by atoms with Crippen molar-refractivity contribution < 1.29 is 9.34 Å². The fourth-order valence-electron chi connectivity index (χ4n) is 2.86. The zero-order valence-corrected chi connectivity index (χ0v) is 15.4. The van der Waals surface area contributed by atoms with Crippen molar-refractivity contribution in [3.8, 4) is 11.5 Å². The molecular weight excluding hydrogens is 354 g/mol. The smallest absolute Gasteiger partial charge is 0.270 e. The average molecular weight is 371 g/mol. The van der Waals surface area contributed by atoms with Crippen molar-refractivity contribution in [3.05, 3.63) is 87.5 Å². The van der Waals surface area contributed by atoms with Crippen molar-refractivity contribution in [2.24, 2.45) is 4.99 Å². The van der Waals surface area contributed by atoms with Crippen molar-refractivity contribution in [1.29, 1.82) is 0 Å². The maximum absolute atomic E-state index is 10.8. The normalized spacial score (nSPS) is 11.4. The number of nitro benzene ring substituents is 1. The number of hydrogen-bond donors (Lipinski definition) is 0. The summed E-state index contributed by atoms with van der Waals surface area (Å²) in [6.07, 6.45) is 1.60. The first-order valence-corrected chi connectivity index (χ1v) is 8.76. The molecule has 0 radical (unpaired) electrons. The lowest BCUT2D eigenvalue weighted by Gasteiger charge is -1.98. The topological polar surface area (TPSA) is 81.5 Å². The molecule has 0 aliphatic heterocycles. The molecule has 0 saturated heterocycles. The van der Waals surface area contributed by atoms with E-state index >= 15 is 0 Å². The molecule has 0 aliphatic carbocycles. The number of nitro groups is 1. The molecule has 0 unspecified atom stereocenters. The Morgan fingerprint density at radius 1 is 1.04 bits per heavy atom. The summed E-state index contributed by atoms with van der Waals surface area (Å²) in [6, 6.07) is 17.9. The van der Waals surface area contributed by atoms with Crippen LogP contribution in [0.5, 0.6) is 0 Å². The van der Waals surface area contributed by atoms with Gasteiger partial charge in [-0.3, -0.25) is 15.1 Å². The summed E-state index contributed by atoms with van der Waals surface area (Å²) >= 11 is 0. The van der Waals surface area contributed by atoms with Gasteiger partial charge in [0, 0.05) is 23.9 Å². The van der Waals surface area contributed by atoms with Crippen LogP contribution in [-0.4, -0.2) is 16.1 Å². The molecule has 0 spiro atoms. The average Bonchev–Trinajstić information content (AvgIpc) is 3.10. The van der Waals surface area contributed by atoms with Crippen LogP contribution in [0.2, 0.25) is 0 Å². The van der Waals surface area contributed by atoms with E-state index in [1.54, 1.807) is 18.3 Å². The van der Waals surface area contributed by atoms with Gasteiger partial charge in [0.05, 0.1) is 10.6 Å². The van der Waals surface area contributed by atoms with Gasteiger partial charge in [0.2, 0.25) is 5.89 Å². The molecule has 0 fully saturated rings. The third kappa shape index (κ3) is 3.53. The number of benzene rings is 3. The van der Waals surface area contributed by atoms with E-state index in [9.17, 15) is 10.1 Å². The van der Waals surface area contributed by atoms with Crippen molar-refractivity contribution in [2.45, 2.75) is 13.8 Å². The molecule has 1 aromatic heterocycles. The molecular formula is C22H17N3O3. The van der Waals surface area contributed by atoms with Gasteiger partial charge in [0.25, 0.3) is 5.69 Å². The van der Waals surface area contributed by atoms with Crippen molar-refractivity contribution >= 4 is 28.7 Å². The summed E-state index contributed by atoms with van der Waals surface area (Å²) in [7, 11) is 0. The highest BCUT2D eigenvalue weighted by atomic mass is 16.6. The summed E-state index contributed by atoms with van der Waals surface area (Å²) in [6.45, 7) is 4.10. The van der Waals surface area contributed by atoms with Gasteiger partial charge in [-0.15, -0.1) is 0 Å². The first-order chi connectivity index (χ1) is 13.5. The molecule has 3 aromatic carbocycles. The second-order valence-corrected chi connectivity index (χ2v) is 6.58. The number of rotatable bonds is 4. The highest BCUT2D eigenvalue weighted by molar-refractivity contribution is 5.83. The van der Waals surface area contributed by atoms with E-state index in [2.05, 4.69) is 16.9 Å². The number of oxazole rings is 1. The van der Waals surface area contributed by atoms with Gasteiger partial charge in [-0.05, 0) is 66.9 Å². The van der Waals surface area contributed by atoms with Crippen LogP contribution in [0, 0.1) is 24.0 Å². The van der Waals surface area contributed by atoms with Crippen molar-refractivity contribution in [3.63, 3.8) is 0 Å². The number of aliphatic imine (C=N–C) groups is 1. The van der Waals surface area contributed by atoms with E-state index in [-0.39, 0.29) is 5.69 Å². The first kappa shape index (κ1) is 17.6. The van der Waals surface area contributed by atoms with Gasteiger partial charge in [-0.1, -0.05) is 12.1 Å². The molecule has 0 aliphatic rings. The van der Waals surface area contributed by atoms with Crippen LogP contribution >= 0.6 is 0 Å². The Hall–Kier alpha value is -3.80. The molecule has 1 heterocycles. The molecule has 0 saturated carbocycles. The number of aromatic nitrogens is 1. The summed E-state index contributed by atoms with van der Waals surface area (Å²) in [5.74, 6) is 0.564. The molecule has 0 bridgehead atoms. The van der Waals surface area contributed by atoms with E-state index < -0.39 is 4.92 Å². The molecule has 0 N–H and O–H groups in total. The van der Waals surface area contributed by atoms with Crippen LogP contribution in [0.15, 0.2) is 70.1 Å². The largest absolute Gasteiger partial charge is 0.436 e. The standard InChI is InChI=1S/C22H17N3O3/c1-14-10-20-21(11-15(14)2)28-22(24-20)17-6-8-18(9-7-17)23-13-16-4-3-5-19(12-16)25(26)27/h3-13H,1-2H3. The zero-order chi connectivity index (χ0) is 19.7. The predicted molar refractivity (Wildman–Crippen MR) is 109 cm³/mol.